The molecule has 0 spiro atoms. The van der Waals surface area contributed by atoms with Crippen molar-refractivity contribution in [2.45, 2.75) is 11.3 Å². The second-order valence-corrected chi connectivity index (χ2v) is 7.99. The molecule has 1 aromatic carbocycles. The molecule has 12 heteroatoms. The van der Waals surface area contributed by atoms with Crippen molar-refractivity contribution in [1.29, 1.82) is 0 Å². The van der Waals surface area contributed by atoms with E-state index in [-0.39, 0.29) is 25.8 Å². The normalized spacial score (nSPS) is 11.2. The first-order chi connectivity index (χ1) is 10.7. The Morgan fingerprint density at radius 3 is 2.74 bits per heavy atom. The van der Waals surface area contributed by atoms with Gasteiger partial charge in [-0.2, -0.15) is 0 Å². The van der Waals surface area contributed by atoms with Gasteiger partial charge in [-0.05, 0) is 12.1 Å². The van der Waals surface area contributed by atoms with Crippen molar-refractivity contribution in [2.75, 3.05) is 11.1 Å². The Hall–Kier alpha value is -2.11. The summed E-state index contributed by atoms with van der Waals surface area (Å²) in [5, 5.41) is 20.1. The van der Waals surface area contributed by atoms with E-state index in [1.165, 1.54) is 19.1 Å². The number of sulfone groups is 1. The molecule has 23 heavy (non-hydrogen) atoms. The molecule has 0 saturated heterocycles. The van der Waals surface area contributed by atoms with Gasteiger partial charge in [0.05, 0.1) is 10.7 Å². The highest BCUT2D eigenvalue weighted by molar-refractivity contribution is 7.93. The summed E-state index contributed by atoms with van der Waals surface area (Å²) in [5.41, 5.74) is -0.429. The van der Waals surface area contributed by atoms with Crippen molar-refractivity contribution in [2.24, 2.45) is 0 Å². The van der Waals surface area contributed by atoms with Crippen molar-refractivity contribution in [1.82, 2.24) is 10.2 Å². The van der Waals surface area contributed by atoms with Gasteiger partial charge in [-0.3, -0.25) is 20.2 Å². The summed E-state index contributed by atoms with van der Waals surface area (Å²) in [5.74, 6) is -0.833. The van der Waals surface area contributed by atoms with Crippen molar-refractivity contribution in [3.63, 3.8) is 0 Å². The Morgan fingerprint density at radius 1 is 1.43 bits per heavy atom. The van der Waals surface area contributed by atoms with Gasteiger partial charge in [0.2, 0.25) is 19.3 Å². The van der Waals surface area contributed by atoms with Crippen LogP contribution in [-0.4, -0.2) is 35.2 Å². The summed E-state index contributed by atoms with van der Waals surface area (Å²) in [6, 6.07) is 3.54. The topological polar surface area (TPSA) is 132 Å². The number of benzene rings is 1. The van der Waals surface area contributed by atoms with Crippen LogP contribution in [0.4, 0.5) is 10.8 Å². The van der Waals surface area contributed by atoms with Crippen LogP contribution in [0.5, 0.6) is 0 Å². The Kier molecular flexibility index (Phi) is 4.92. The highest BCUT2D eigenvalue weighted by atomic mass is 35.5. The lowest BCUT2D eigenvalue weighted by molar-refractivity contribution is -0.384. The number of hydrogen-bond acceptors (Lipinski definition) is 8. The molecule has 0 aliphatic rings. The summed E-state index contributed by atoms with van der Waals surface area (Å²) >= 11 is 6.36. The molecule has 2 aromatic rings. The first kappa shape index (κ1) is 17.2. The summed E-state index contributed by atoms with van der Waals surface area (Å²) < 4.78 is 23.1. The number of nitro benzene ring substituents is 1. The largest absolute Gasteiger partial charge is 0.296 e. The molecule has 2 rings (SSSR count). The highest BCUT2D eigenvalue weighted by Gasteiger charge is 2.20. The molecule has 0 saturated carbocycles. The Morgan fingerprint density at radius 2 is 2.13 bits per heavy atom. The zero-order chi connectivity index (χ0) is 17.2. The average molecular weight is 377 g/mol. The highest BCUT2D eigenvalue weighted by Crippen LogP contribution is 2.26. The van der Waals surface area contributed by atoms with E-state index < -0.39 is 26.4 Å². The quantitative estimate of drug-likeness (QED) is 0.480. The molecule has 0 aliphatic heterocycles. The van der Waals surface area contributed by atoms with Gasteiger partial charge in [0.1, 0.15) is 5.02 Å². The molecular formula is C11H9ClN4O5S2. The summed E-state index contributed by atoms with van der Waals surface area (Å²) in [7, 11) is -3.51. The third-order valence-corrected chi connectivity index (χ3v) is 6.02. The molecule has 122 valence electrons. The fourth-order valence-electron chi connectivity index (χ4n) is 1.47. The lowest BCUT2D eigenvalue weighted by atomic mass is 10.2. The van der Waals surface area contributed by atoms with Gasteiger partial charge in [-0.25, -0.2) is 8.42 Å². The van der Waals surface area contributed by atoms with Gasteiger partial charge < -0.3 is 0 Å². The SMILES string of the molecule is CCS(=O)(=O)c1nnc(NC(=O)c2ccc(Cl)c([N+](=O)[O-])c2)s1. The Bertz CT molecular complexity index is 880. The maximum Gasteiger partial charge on any atom is 0.288 e. The van der Waals surface area contributed by atoms with Gasteiger partial charge in [0.25, 0.3) is 11.6 Å². The first-order valence-electron chi connectivity index (χ1n) is 6.06. The van der Waals surface area contributed by atoms with Crippen LogP contribution in [0.3, 0.4) is 0 Å². The number of rotatable bonds is 5. The summed E-state index contributed by atoms with van der Waals surface area (Å²) in [6.45, 7) is 1.46. The van der Waals surface area contributed by atoms with E-state index in [9.17, 15) is 23.3 Å². The fourth-order valence-corrected chi connectivity index (χ4v) is 3.64. The molecule has 1 heterocycles. The third kappa shape index (κ3) is 3.81. The monoisotopic (exact) mass is 376 g/mol. The number of aromatic nitrogens is 2. The van der Waals surface area contributed by atoms with Crippen LogP contribution in [0.15, 0.2) is 22.5 Å². The van der Waals surface area contributed by atoms with Gasteiger partial charge in [-0.15, -0.1) is 10.2 Å². The molecule has 1 amide bonds. The van der Waals surface area contributed by atoms with Crippen LogP contribution in [0.1, 0.15) is 17.3 Å². The second kappa shape index (κ2) is 6.56. The minimum Gasteiger partial charge on any atom is -0.296 e. The molecule has 0 unspecified atom stereocenters. The van der Waals surface area contributed by atoms with E-state index in [1.54, 1.807) is 0 Å². The molecule has 9 nitrogen and oxygen atoms in total. The van der Waals surface area contributed by atoms with Crippen molar-refractivity contribution < 1.29 is 18.1 Å². The molecular weight excluding hydrogens is 368 g/mol. The lowest BCUT2D eigenvalue weighted by Crippen LogP contribution is -2.12. The second-order valence-electron chi connectivity index (χ2n) is 4.15. The average Bonchev–Trinajstić information content (AvgIpc) is 2.96. The molecule has 1 aromatic heterocycles. The molecule has 0 atom stereocenters. The minimum atomic E-state index is -3.51. The van der Waals surface area contributed by atoms with Gasteiger partial charge in [0.15, 0.2) is 0 Å². The van der Waals surface area contributed by atoms with Gasteiger partial charge in [-0.1, -0.05) is 29.9 Å². The van der Waals surface area contributed by atoms with Crippen LogP contribution in [-0.2, 0) is 9.84 Å². The lowest BCUT2D eigenvalue weighted by Gasteiger charge is -2.02. The molecule has 0 radical (unpaired) electrons. The standard InChI is InChI=1S/C11H9ClN4O5S2/c1-2-23(20,21)11-15-14-10(22-11)13-9(17)6-3-4-7(12)8(5-6)16(18)19/h3-5H,2H2,1H3,(H,13,14,17). The molecule has 0 bridgehead atoms. The molecule has 0 aliphatic carbocycles. The predicted octanol–water partition coefficient (Wildman–Crippen LogP) is 2.15. The number of halogens is 1. The van der Waals surface area contributed by atoms with E-state index in [1.807, 2.05) is 0 Å². The van der Waals surface area contributed by atoms with Crippen molar-refractivity contribution >= 4 is 49.5 Å². The van der Waals surface area contributed by atoms with E-state index in [0.29, 0.717) is 11.3 Å². The van der Waals surface area contributed by atoms with Gasteiger partial charge in [0, 0.05) is 11.6 Å². The minimum absolute atomic E-state index is 0.0174. The predicted molar refractivity (Wildman–Crippen MR) is 83.7 cm³/mol. The number of nitro groups is 1. The van der Waals surface area contributed by atoms with Crippen molar-refractivity contribution in [3.8, 4) is 0 Å². The van der Waals surface area contributed by atoms with E-state index >= 15 is 0 Å². The zero-order valence-corrected chi connectivity index (χ0v) is 13.9. The van der Waals surface area contributed by atoms with E-state index in [2.05, 4.69) is 15.5 Å². The summed E-state index contributed by atoms with van der Waals surface area (Å²) in [4.78, 5) is 22.1. The summed E-state index contributed by atoms with van der Waals surface area (Å²) in [6.07, 6.45) is 0. The number of nitrogens with one attached hydrogen (secondary N) is 1. The Balaban J connectivity index is 2.23. The zero-order valence-electron chi connectivity index (χ0n) is 11.5. The third-order valence-electron chi connectivity index (χ3n) is 2.68. The molecule has 1 N–H and O–H groups in total. The van der Waals surface area contributed by atoms with Crippen molar-refractivity contribution in [3.05, 3.63) is 38.9 Å². The smallest absolute Gasteiger partial charge is 0.288 e. The number of anilines is 1. The van der Waals surface area contributed by atoms with Crippen LogP contribution in [0.2, 0.25) is 5.02 Å². The Labute approximate surface area is 139 Å². The maximum absolute atomic E-state index is 12.0. The maximum atomic E-state index is 12.0. The number of amides is 1. The molecule has 0 fully saturated rings. The number of carbonyl (C=O) groups is 1. The van der Waals surface area contributed by atoms with Crippen LogP contribution >= 0.6 is 22.9 Å². The van der Waals surface area contributed by atoms with Crippen LogP contribution < -0.4 is 5.32 Å². The van der Waals surface area contributed by atoms with Crippen LogP contribution in [0, 0.1) is 10.1 Å². The fraction of sp³-hybridized carbons (Fsp3) is 0.182. The van der Waals surface area contributed by atoms with Gasteiger partial charge >= 0.3 is 0 Å². The number of nitrogens with zero attached hydrogens (tertiary/aromatic N) is 3. The van der Waals surface area contributed by atoms with Crippen LogP contribution in [0.25, 0.3) is 0 Å². The number of hydrogen-bond donors (Lipinski definition) is 1. The number of carbonyl (C=O) groups excluding carboxylic acids is 1. The van der Waals surface area contributed by atoms with E-state index in [0.717, 1.165) is 6.07 Å². The van der Waals surface area contributed by atoms with E-state index in [4.69, 9.17) is 11.6 Å². The first-order valence-corrected chi connectivity index (χ1v) is 8.91.